The molecule has 0 saturated heterocycles. The van der Waals surface area contributed by atoms with Gasteiger partial charge in [0.1, 0.15) is 6.34 Å². The number of allylic oxidation sites excluding steroid dienone is 3. The van der Waals surface area contributed by atoms with E-state index in [9.17, 15) is 0 Å². The van der Waals surface area contributed by atoms with Gasteiger partial charge in [-0.15, -0.1) is 0 Å². The molecule has 0 N–H and O–H groups in total. The monoisotopic (exact) mass is 873 g/mol. The number of nitrogens with zero attached hydrogens (tertiary/aromatic N) is 7. The van der Waals surface area contributed by atoms with E-state index < -0.39 is 0 Å². The number of para-hydroxylation sites is 2. The Hall–Kier alpha value is -7.59. The second-order valence-corrected chi connectivity index (χ2v) is 18.0. The summed E-state index contributed by atoms with van der Waals surface area (Å²) < 4.78 is 4.43. The number of benzene rings is 7. The molecule has 0 bridgehead atoms. The molecular formula is C56H39N7S2. The molecule has 12 rings (SSSR count). The lowest BCUT2D eigenvalue weighted by Crippen LogP contribution is -2.06. The molecule has 0 fully saturated rings. The third-order valence-corrected chi connectivity index (χ3v) is 14.6. The molecule has 0 spiro atoms. The number of hydrogen-bond donors (Lipinski definition) is 0. The van der Waals surface area contributed by atoms with Crippen LogP contribution in [-0.4, -0.2) is 36.3 Å². The predicted octanol–water partition coefficient (Wildman–Crippen LogP) is 14.6. The second kappa shape index (κ2) is 16.5. The van der Waals surface area contributed by atoms with Crippen molar-refractivity contribution in [2.75, 3.05) is 0 Å². The lowest BCUT2D eigenvalue weighted by molar-refractivity contribution is 0.952. The third-order valence-electron chi connectivity index (χ3n) is 12.0. The molecular weight excluding hydrogens is 835 g/mol. The minimum absolute atomic E-state index is 0.583. The van der Waals surface area contributed by atoms with Crippen LogP contribution in [0.4, 0.5) is 0 Å². The minimum atomic E-state index is 0.583. The first-order chi connectivity index (χ1) is 32.2. The van der Waals surface area contributed by atoms with Crippen molar-refractivity contribution in [3.8, 4) is 28.7 Å². The fourth-order valence-corrected chi connectivity index (χ4v) is 11.5. The highest BCUT2D eigenvalue weighted by molar-refractivity contribution is 8.05. The van der Waals surface area contributed by atoms with E-state index >= 15 is 0 Å². The zero-order valence-electron chi connectivity index (χ0n) is 35.3. The van der Waals surface area contributed by atoms with Gasteiger partial charge in [0.25, 0.3) is 0 Å². The van der Waals surface area contributed by atoms with Crippen LogP contribution in [0.5, 0.6) is 0 Å². The number of hydrogen-bond acceptors (Lipinski definition) is 6. The summed E-state index contributed by atoms with van der Waals surface area (Å²) in [5.41, 5.74) is 9.14. The van der Waals surface area contributed by atoms with Crippen molar-refractivity contribution in [1.82, 2.24) is 24.1 Å². The van der Waals surface area contributed by atoms with Gasteiger partial charge in [0, 0.05) is 57.8 Å². The average molecular weight is 874 g/mol. The van der Waals surface area contributed by atoms with Crippen LogP contribution < -0.4 is 0 Å². The Balaban J connectivity index is 0.990. The summed E-state index contributed by atoms with van der Waals surface area (Å²) in [5, 5.41) is 4.75. The molecule has 9 heteroatoms. The van der Waals surface area contributed by atoms with Gasteiger partial charge >= 0.3 is 0 Å². The smallest absolute Gasteiger partial charge is 0.238 e. The lowest BCUT2D eigenvalue weighted by atomic mass is 10.1. The first-order valence-corrected chi connectivity index (χ1v) is 23.4. The Bertz CT molecular complexity index is 3600. The van der Waals surface area contributed by atoms with E-state index in [-0.39, 0.29) is 0 Å². The Morgan fingerprint density at radius 2 is 1.14 bits per heavy atom. The van der Waals surface area contributed by atoms with Crippen LogP contribution in [0.15, 0.2) is 223 Å². The second-order valence-electron chi connectivity index (χ2n) is 15.9. The maximum atomic E-state index is 5.19. The van der Waals surface area contributed by atoms with Crippen molar-refractivity contribution in [2.24, 2.45) is 9.98 Å². The molecule has 0 amide bonds. The van der Waals surface area contributed by atoms with Gasteiger partial charge in [0.05, 0.1) is 27.8 Å². The number of aliphatic imine (C=N–C) groups is 2. The predicted molar refractivity (Wildman–Crippen MR) is 271 cm³/mol. The Morgan fingerprint density at radius 3 is 1.77 bits per heavy atom. The van der Waals surface area contributed by atoms with Crippen LogP contribution in [0.1, 0.15) is 25.3 Å². The van der Waals surface area contributed by atoms with E-state index in [1.165, 1.54) is 35.7 Å². The van der Waals surface area contributed by atoms with Gasteiger partial charge in [-0.3, -0.25) is 9.13 Å². The normalized spacial score (nSPS) is 14.1. The van der Waals surface area contributed by atoms with Gasteiger partial charge in [-0.1, -0.05) is 175 Å². The molecule has 10 aromatic rings. The molecule has 2 aliphatic rings. The zero-order chi connectivity index (χ0) is 43.3. The van der Waals surface area contributed by atoms with E-state index in [2.05, 4.69) is 118 Å². The highest BCUT2D eigenvalue weighted by atomic mass is 32.2. The van der Waals surface area contributed by atoms with Gasteiger partial charge in [-0.05, 0) is 61.7 Å². The van der Waals surface area contributed by atoms with Crippen LogP contribution in [-0.2, 0) is 0 Å². The van der Waals surface area contributed by atoms with Crippen molar-refractivity contribution in [3.05, 3.63) is 199 Å². The molecule has 7 aromatic carbocycles. The average Bonchev–Trinajstić information content (AvgIpc) is 3.90. The molecule has 1 aliphatic heterocycles. The molecule has 65 heavy (non-hydrogen) atoms. The fourth-order valence-electron chi connectivity index (χ4n) is 8.95. The summed E-state index contributed by atoms with van der Waals surface area (Å²) in [7, 11) is 0. The summed E-state index contributed by atoms with van der Waals surface area (Å²) in [5.74, 6) is 2.53. The van der Waals surface area contributed by atoms with Crippen molar-refractivity contribution in [2.45, 2.75) is 39.3 Å². The molecule has 4 heterocycles. The van der Waals surface area contributed by atoms with Gasteiger partial charge in [0.2, 0.25) is 5.95 Å². The van der Waals surface area contributed by atoms with E-state index in [4.69, 9.17) is 24.9 Å². The molecule has 3 aromatic heterocycles. The Labute approximate surface area is 384 Å². The molecule has 0 atom stereocenters. The number of fused-ring (bicyclic) bond motifs is 10. The largest absolute Gasteiger partial charge is 0.300 e. The summed E-state index contributed by atoms with van der Waals surface area (Å²) >= 11 is 3.69. The highest BCUT2D eigenvalue weighted by Gasteiger charge is 2.28. The molecule has 7 nitrogen and oxygen atoms in total. The zero-order valence-corrected chi connectivity index (χ0v) is 37.0. The standard InChI is InChI=1S/C56H39N7S2/c1-2-42(36-19-7-3-8-20-36)58-53(37-21-9-4-10-22-37)57-35-62-43-29-17-15-27-40(43)49-45(62)31-33-47-51(49)64-48-34-32-46-50(52(48)65-47)41-28-16-18-30-44(41)63(46)56-60-54(38-23-11-5-12-24-38)59-55(61-56)39-25-13-6-14-26-39/h2-3,5-9,11-35H,4,10H2,1H3/b42-2+,57-35?,58-53?. The van der Waals surface area contributed by atoms with Crippen molar-refractivity contribution < 1.29 is 0 Å². The maximum Gasteiger partial charge on any atom is 0.238 e. The third kappa shape index (κ3) is 6.91. The van der Waals surface area contributed by atoms with Gasteiger partial charge in [-0.25, -0.2) is 15.0 Å². The van der Waals surface area contributed by atoms with E-state index in [0.29, 0.717) is 23.4 Å². The fraction of sp³-hybridized carbons (Fsp3) is 0.0536. The first kappa shape index (κ1) is 39.0. The van der Waals surface area contributed by atoms with E-state index in [0.717, 1.165) is 68.3 Å². The van der Waals surface area contributed by atoms with E-state index in [1.807, 2.05) is 116 Å². The quantitative estimate of drug-likeness (QED) is 0.118. The van der Waals surface area contributed by atoms with Crippen molar-refractivity contribution >= 4 is 85.0 Å². The topological polar surface area (TPSA) is 73.2 Å². The number of amidine groups is 1. The Kier molecular flexibility index (Phi) is 9.92. The summed E-state index contributed by atoms with van der Waals surface area (Å²) in [6.07, 6.45) is 12.6. The SMILES string of the molecule is C/C=C(/N=C(N=Cn1c2ccccc2c2c3c(ccc21)Sc1c(ccc2c1c1ccccc1n2-c1nc(-c2ccccc2)nc(-c2ccccc2)n1)S3)C1=CCCC=C1)c1ccccc1. The Morgan fingerprint density at radius 1 is 0.569 bits per heavy atom. The van der Waals surface area contributed by atoms with E-state index in [1.54, 1.807) is 0 Å². The number of rotatable bonds is 7. The van der Waals surface area contributed by atoms with Crippen LogP contribution in [0.25, 0.3) is 78.0 Å². The van der Waals surface area contributed by atoms with Crippen LogP contribution in [0.2, 0.25) is 0 Å². The number of aromatic nitrogens is 5. The first-order valence-electron chi connectivity index (χ1n) is 21.8. The van der Waals surface area contributed by atoms with Crippen LogP contribution in [0.3, 0.4) is 0 Å². The molecule has 0 radical (unpaired) electrons. The minimum Gasteiger partial charge on any atom is -0.300 e. The van der Waals surface area contributed by atoms with Gasteiger partial charge in [-0.2, -0.15) is 9.97 Å². The van der Waals surface area contributed by atoms with Gasteiger partial charge < -0.3 is 0 Å². The van der Waals surface area contributed by atoms with Crippen molar-refractivity contribution in [1.29, 1.82) is 0 Å². The lowest BCUT2D eigenvalue weighted by Gasteiger charge is -2.20. The molecule has 310 valence electrons. The van der Waals surface area contributed by atoms with Gasteiger partial charge in [0.15, 0.2) is 17.5 Å². The molecule has 0 saturated carbocycles. The summed E-state index contributed by atoms with van der Waals surface area (Å²) in [6, 6.07) is 56.9. The molecule has 0 unspecified atom stereocenters. The molecule has 1 aliphatic carbocycles. The highest BCUT2D eigenvalue weighted by Crippen LogP contribution is 2.55. The summed E-state index contributed by atoms with van der Waals surface area (Å²) in [4.78, 5) is 30.6. The van der Waals surface area contributed by atoms with Crippen LogP contribution in [0, 0.1) is 0 Å². The summed E-state index contributed by atoms with van der Waals surface area (Å²) in [6.45, 7) is 2.03. The van der Waals surface area contributed by atoms with Crippen molar-refractivity contribution in [3.63, 3.8) is 0 Å². The van der Waals surface area contributed by atoms with Crippen LogP contribution >= 0.6 is 23.5 Å². The maximum absolute atomic E-state index is 5.19.